The lowest BCUT2D eigenvalue weighted by Gasteiger charge is -2.16. The molecule has 0 saturated heterocycles. The van der Waals surface area contributed by atoms with Gasteiger partial charge in [-0.3, -0.25) is 0 Å². The zero-order valence-corrected chi connectivity index (χ0v) is 14.1. The molecule has 0 radical (unpaired) electrons. The van der Waals surface area contributed by atoms with Gasteiger partial charge in [-0.05, 0) is 25.1 Å². The van der Waals surface area contributed by atoms with Crippen molar-refractivity contribution in [3.05, 3.63) is 41.2 Å². The molecule has 1 aromatic carbocycles. The molecule has 0 aliphatic rings. The maximum atomic E-state index is 13.1. The second kappa shape index (κ2) is 7.44. The lowest BCUT2D eigenvalue weighted by atomic mass is 10.1. The summed E-state index contributed by atoms with van der Waals surface area (Å²) in [6, 6.07) is 2.94. The first-order valence-electron chi connectivity index (χ1n) is 7.25. The van der Waals surface area contributed by atoms with Gasteiger partial charge < -0.3 is 19.3 Å². The van der Waals surface area contributed by atoms with Crippen LogP contribution in [0.4, 0.5) is 26.3 Å². The quantitative estimate of drug-likeness (QED) is 0.712. The van der Waals surface area contributed by atoms with Crippen LogP contribution >= 0.6 is 0 Å². The van der Waals surface area contributed by atoms with Crippen LogP contribution in [0.5, 0.6) is 23.0 Å². The van der Waals surface area contributed by atoms with Crippen LogP contribution in [0.1, 0.15) is 21.7 Å². The maximum Gasteiger partial charge on any atom is 0.573 e. The SMILES string of the molecule is COc1cc(OC(F)(F)F)ccc1Oc1cc(C(F)(F)F)c(C)nc1C(=O)O. The van der Waals surface area contributed by atoms with Crippen LogP contribution in [0.25, 0.3) is 0 Å². The molecule has 0 bridgehead atoms. The summed E-state index contributed by atoms with van der Waals surface area (Å²) in [4.78, 5) is 14.7. The average molecular weight is 411 g/mol. The van der Waals surface area contributed by atoms with E-state index in [9.17, 15) is 31.1 Å². The number of aromatic nitrogens is 1. The Morgan fingerprint density at radius 3 is 2.18 bits per heavy atom. The lowest BCUT2D eigenvalue weighted by molar-refractivity contribution is -0.274. The van der Waals surface area contributed by atoms with Crippen LogP contribution in [-0.4, -0.2) is 29.5 Å². The molecule has 0 fully saturated rings. The van der Waals surface area contributed by atoms with Gasteiger partial charge in [0, 0.05) is 6.07 Å². The molecule has 0 saturated carbocycles. The number of methoxy groups -OCH3 is 1. The first-order valence-corrected chi connectivity index (χ1v) is 7.25. The van der Waals surface area contributed by atoms with Crippen LogP contribution in [0.2, 0.25) is 0 Å². The molecule has 0 aliphatic heterocycles. The first-order chi connectivity index (χ1) is 12.8. The largest absolute Gasteiger partial charge is 0.573 e. The number of pyridine rings is 1. The van der Waals surface area contributed by atoms with Crippen LogP contribution in [0, 0.1) is 6.92 Å². The van der Waals surface area contributed by atoms with Gasteiger partial charge in [-0.15, -0.1) is 13.2 Å². The van der Waals surface area contributed by atoms with E-state index in [2.05, 4.69) is 9.72 Å². The van der Waals surface area contributed by atoms with Crippen LogP contribution in [0.15, 0.2) is 24.3 Å². The Morgan fingerprint density at radius 2 is 1.68 bits per heavy atom. The molecule has 2 aromatic rings. The normalized spacial score (nSPS) is 11.9. The minimum Gasteiger partial charge on any atom is -0.493 e. The number of carboxylic acid groups (broad SMARTS) is 1. The molecular formula is C16H11F6NO5. The molecule has 28 heavy (non-hydrogen) atoms. The molecule has 1 aromatic heterocycles. The molecule has 152 valence electrons. The summed E-state index contributed by atoms with van der Waals surface area (Å²) in [5.74, 6) is -3.80. The van der Waals surface area contributed by atoms with E-state index in [0.717, 1.165) is 32.2 Å². The summed E-state index contributed by atoms with van der Waals surface area (Å²) in [6.45, 7) is 0.975. The highest BCUT2D eigenvalue weighted by molar-refractivity contribution is 5.89. The smallest absolute Gasteiger partial charge is 0.493 e. The first kappa shape index (κ1) is 21.1. The summed E-state index contributed by atoms with van der Waals surface area (Å²) in [6.07, 6.45) is -9.81. The number of halogens is 6. The van der Waals surface area contributed by atoms with E-state index in [1.165, 1.54) is 0 Å². The van der Waals surface area contributed by atoms with Crippen molar-refractivity contribution in [2.45, 2.75) is 19.5 Å². The van der Waals surface area contributed by atoms with Gasteiger partial charge in [-0.1, -0.05) is 0 Å². The molecule has 0 atom stereocenters. The number of rotatable bonds is 5. The molecule has 6 nitrogen and oxygen atoms in total. The number of aryl methyl sites for hydroxylation is 1. The van der Waals surface area contributed by atoms with Crippen molar-refractivity contribution < 1.29 is 50.5 Å². The maximum absolute atomic E-state index is 13.1. The number of aromatic carboxylic acids is 1. The fraction of sp³-hybridized carbons (Fsp3) is 0.250. The summed E-state index contributed by atoms with van der Waals surface area (Å²) >= 11 is 0. The average Bonchev–Trinajstić information content (AvgIpc) is 2.54. The van der Waals surface area contributed by atoms with E-state index in [-0.39, 0.29) is 11.5 Å². The Kier molecular flexibility index (Phi) is 5.62. The van der Waals surface area contributed by atoms with Crippen molar-refractivity contribution in [3.8, 4) is 23.0 Å². The highest BCUT2D eigenvalue weighted by Gasteiger charge is 2.35. The van der Waals surface area contributed by atoms with Gasteiger partial charge in [0.2, 0.25) is 0 Å². The molecule has 0 aliphatic carbocycles. The van der Waals surface area contributed by atoms with Gasteiger partial charge in [0.05, 0.1) is 18.4 Å². The molecule has 2 rings (SSSR count). The summed E-state index contributed by atoms with van der Waals surface area (Å²) in [5.41, 5.74) is -2.63. The van der Waals surface area contributed by atoms with E-state index in [0.29, 0.717) is 6.07 Å². The predicted molar refractivity (Wildman–Crippen MR) is 80.7 cm³/mol. The fourth-order valence-electron chi connectivity index (χ4n) is 2.15. The lowest BCUT2D eigenvalue weighted by Crippen LogP contribution is -2.17. The number of carboxylic acids is 1. The predicted octanol–water partition coefficient (Wildman–Crippen LogP) is 4.81. The van der Waals surface area contributed by atoms with Crippen molar-refractivity contribution in [1.82, 2.24) is 4.98 Å². The van der Waals surface area contributed by atoms with E-state index in [1.54, 1.807) is 0 Å². The zero-order chi connectivity index (χ0) is 21.3. The van der Waals surface area contributed by atoms with Crippen LogP contribution in [-0.2, 0) is 6.18 Å². The van der Waals surface area contributed by atoms with Crippen molar-refractivity contribution in [2.24, 2.45) is 0 Å². The number of benzene rings is 1. The molecule has 1 N–H and O–H groups in total. The molecule has 0 amide bonds. The van der Waals surface area contributed by atoms with Crippen molar-refractivity contribution in [2.75, 3.05) is 7.11 Å². The third kappa shape index (κ3) is 4.96. The monoisotopic (exact) mass is 411 g/mol. The third-order valence-corrected chi connectivity index (χ3v) is 3.27. The Balaban J connectivity index is 2.50. The van der Waals surface area contributed by atoms with Gasteiger partial charge in [0.1, 0.15) is 5.75 Å². The van der Waals surface area contributed by atoms with Crippen molar-refractivity contribution >= 4 is 5.97 Å². The molecule has 1 heterocycles. The molecule has 12 heteroatoms. The minimum absolute atomic E-state index is 0.341. The topological polar surface area (TPSA) is 77.9 Å². The van der Waals surface area contributed by atoms with Crippen molar-refractivity contribution in [3.63, 3.8) is 0 Å². The highest BCUT2D eigenvalue weighted by atomic mass is 19.4. The minimum atomic E-state index is -4.98. The van der Waals surface area contributed by atoms with E-state index in [4.69, 9.17) is 14.6 Å². The summed E-state index contributed by atoms with van der Waals surface area (Å²) in [5, 5.41) is 9.16. The number of hydrogen-bond acceptors (Lipinski definition) is 5. The fourth-order valence-corrected chi connectivity index (χ4v) is 2.15. The summed E-state index contributed by atoms with van der Waals surface area (Å²) in [7, 11) is 1.06. The van der Waals surface area contributed by atoms with Crippen LogP contribution in [0.3, 0.4) is 0 Å². The van der Waals surface area contributed by atoms with Gasteiger partial charge in [-0.25, -0.2) is 9.78 Å². The number of carbonyl (C=O) groups is 1. The molecule has 0 unspecified atom stereocenters. The second-order valence-electron chi connectivity index (χ2n) is 5.23. The Hall–Kier alpha value is -3.18. The second-order valence-corrected chi connectivity index (χ2v) is 5.23. The number of ether oxygens (including phenoxy) is 3. The van der Waals surface area contributed by atoms with Crippen LogP contribution < -0.4 is 14.2 Å². The standard InChI is InChI=1S/C16H11F6NO5/c1-7-9(15(17,18)19)6-12(13(23-7)14(24)25)27-10-4-3-8(5-11(10)26-2)28-16(20,21)22/h3-6H,1-2H3,(H,24,25). The number of nitrogens with zero attached hydrogens (tertiary/aromatic N) is 1. The van der Waals surface area contributed by atoms with Gasteiger partial charge >= 0.3 is 18.5 Å². The highest BCUT2D eigenvalue weighted by Crippen LogP contribution is 2.39. The molecular weight excluding hydrogens is 400 g/mol. The Labute approximate surface area is 153 Å². The van der Waals surface area contributed by atoms with E-state index < -0.39 is 47.0 Å². The number of hydrogen-bond donors (Lipinski definition) is 1. The zero-order valence-electron chi connectivity index (χ0n) is 14.1. The van der Waals surface area contributed by atoms with Gasteiger partial charge in [0.15, 0.2) is 22.9 Å². The summed E-state index contributed by atoms with van der Waals surface area (Å²) < 4.78 is 89.7. The Bertz CT molecular complexity index is 894. The van der Waals surface area contributed by atoms with Crippen molar-refractivity contribution in [1.29, 1.82) is 0 Å². The van der Waals surface area contributed by atoms with Gasteiger partial charge in [0.25, 0.3) is 0 Å². The Morgan fingerprint density at radius 1 is 1.04 bits per heavy atom. The third-order valence-electron chi connectivity index (χ3n) is 3.27. The van der Waals surface area contributed by atoms with E-state index in [1.807, 2.05) is 0 Å². The molecule has 0 spiro atoms. The van der Waals surface area contributed by atoms with Gasteiger partial charge in [-0.2, -0.15) is 13.2 Å². The van der Waals surface area contributed by atoms with E-state index >= 15 is 0 Å². The number of alkyl halides is 6.